The van der Waals surface area contributed by atoms with E-state index < -0.39 is 0 Å². The van der Waals surface area contributed by atoms with Crippen molar-refractivity contribution in [1.29, 1.82) is 0 Å². The van der Waals surface area contributed by atoms with Crippen LogP contribution in [0.3, 0.4) is 0 Å². The van der Waals surface area contributed by atoms with Gasteiger partial charge in [0.15, 0.2) is 0 Å². The molecule has 0 fully saturated rings. The highest BCUT2D eigenvalue weighted by Gasteiger charge is 2.21. The second kappa shape index (κ2) is 7.60. The fourth-order valence-corrected chi connectivity index (χ4v) is 3.37. The van der Waals surface area contributed by atoms with Gasteiger partial charge in [-0.1, -0.05) is 38.8 Å². The molecule has 0 bridgehead atoms. The molecule has 21 heavy (non-hydrogen) atoms. The monoisotopic (exact) mass is 287 g/mol. The third kappa shape index (κ3) is 3.65. The largest absolute Gasteiger partial charge is 0.331 e. The molecule has 0 amide bonds. The molecular weight excluding hydrogens is 258 g/mol. The topological polar surface area (TPSA) is 29.9 Å². The minimum Gasteiger partial charge on any atom is -0.331 e. The van der Waals surface area contributed by atoms with Gasteiger partial charge in [0, 0.05) is 19.5 Å². The number of imidazole rings is 1. The average Bonchev–Trinajstić information content (AvgIpc) is 2.81. The molecule has 1 aromatic heterocycles. The Morgan fingerprint density at radius 2 is 1.81 bits per heavy atom. The second-order valence-electron chi connectivity index (χ2n) is 6.01. The Morgan fingerprint density at radius 3 is 2.38 bits per heavy atom. The van der Waals surface area contributed by atoms with Crippen molar-refractivity contribution < 1.29 is 0 Å². The van der Waals surface area contributed by atoms with Gasteiger partial charge in [-0.05, 0) is 37.9 Å². The van der Waals surface area contributed by atoms with Crippen LogP contribution < -0.4 is 5.32 Å². The summed E-state index contributed by atoms with van der Waals surface area (Å²) in [7, 11) is 4.22. The third-order valence-corrected chi connectivity index (χ3v) is 4.54. The highest BCUT2D eigenvalue weighted by atomic mass is 15.1. The number of para-hydroxylation sites is 2. The maximum absolute atomic E-state index is 4.83. The normalized spacial score (nSPS) is 13.2. The van der Waals surface area contributed by atoms with E-state index in [2.05, 4.69) is 62.1 Å². The first-order valence-electron chi connectivity index (χ1n) is 8.28. The van der Waals surface area contributed by atoms with Crippen molar-refractivity contribution in [2.24, 2.45) is 13.0 Å². The molecule has 2 aromatic rings. The van der Waals surface area contributed by atoms with Crippen molar-refractivity contribution in [3.8, 4) is 0 Å². The Balaban J connectivity index is 2.21. The van der Waals surface area contributed by atoms with E-state index in [0.717, 1.165) is 17.9 Å². The highest BCUT2D eigenvalue weighted by Crippen LogP contribution is 2.22. The molecule has 1 aromatic carbocycles. The SMILES string of the molecule is CCCC(CCC)C(Cc1nc2ccccc2n1C)NC. The van der Waals surface area contributed by atoms with Gasteiger partial charge in [-0.3, -0.25) is 0 Å². The predicted octanol–water partition coefficient (Wildman–Crippen LogP) is 3.92. The standard InChI is InChI=1S/C18H29N3/c1-5-9-14(10-6-2)16(19-3)13-18-20-15-11-7-8-12-17(15)21(18)4/h7-8,11-12,14,16,19H,5-6,9-10,13H2,1-4H3. The zero-order valence-electron chi connectivity index (χ0n) is 13.9. The van der Waals surface area contributed by atoms with Crippen molar-refractivity contribution >= 4 is 11.0 Å². The van der Waals surface area contributed by atoms with Crippen LogP contribution in [-0.4, -0.2) is 22.6 Å². The highest BCUT2D eigenvalue weighted by molar-refractivity contribution is 5.75. The smallest absolute Gasteiger partial charge is 0.111 e. The van der Waals surface area contributed by atoms with Crippen LogP contribution in [0.5, 0.6) is 0 Å². The molecule has 0 aliphatic carbocycles. The number of benzene rings is 1. The van der Waals surface area contributed by atoms with E-state index in [4.69, 9.17) is 4.98 Å². The quantitative estimate of drug-likeness (QED) is 0.797. The van der Waals surface area contributed by atoms with Crippen LogP contribution in [0.25, 0.3) is 11.0 Å². The summed E-state index contributed by atoms with van der Waals surface area (Å²) < 4.78 is 2.24. The Kier molecular flexibility index (Phi) is 5.80. The van der Waals surface area contributed by atoms with E-state index in [1.165, 1.54) is 37.0 Å². The number of nitrogens with zero attached hydrogens (tertiary/aromatic N) is 2. The van der Waals surface area contributed by atoms with Crippen LogP contribution in [0.4, 0.5) is 0 Å². The van der Waals surface area contributed by atoms with Gasteiger partial charge in [0.25, 0.3) is 0 Å². The van der Waals surface area contributed by atoms with Crippen molar-refractivity contribution in [3.05, 3.63) is 30.1 Å². The second-order valence-corrected chi connectivity index (χ2v) is 6.01. The fraction of sp³-hybridized carbons (Fsp3) is 0.611. The minimum atomic E-state index is 0.514. The molecule has 0 spiro atoms. The molecular formula is C18H29N3. The molecule has 0 saturated carbocycles. The zero-order chi connectivity index (χ0) is 15.2. The van der Waals surface area contributed by atoms with E-state index in [-0.39, 0.29) is 0 Å². The molecule has 1 heterocycles. The fourth-order valence-electron chi connectivity index (χ4n) is 3.37. The lowest BCUT2D eigenvalue weighted by Gasteiger charge is -2.26. The summed E-state index contributed by atoms with van der Waals surface area (Å²) in [5.41, 5.74) is 2.33. The number of hydrogen-bond donors (Lipinski definition) is 1. The lowest BCUT2D eigenvalue weighted by atomic mass is 9.88. The molecule has 1 N–H and O–H groups in total. The van der Waals surface area contributed by atoms with Crippen LogP contribution in [0, 0.1) is 5.92 Å². The summed E-state index contributed by atoms with van der Waals surface area (Å²) in [6.45, 7) is 4.56. The van der Waals surface area contributed by atoms with Gasteiger partial charge in [-0.15, -0.1) is 0 Å². The molecule has 0 saturated heterocycles. The number of nitrogens with one attached hydrogen (secondary N) is 1. The first-order chi connectivity index (χ1) is 10.2. The number of likely N-dealkylation sites (N-methyl/N-ethyl adjacent to an activating group) is 1. The van der Waals surface area contributed by atoms with Crippen LogP contribution in [0.1, 0.15) is 45.4 Å². The lowest BCUT2D eigenvalue weighted by molar-refractivity contribution is 0.318. The van der Waals surface area contributed by atoms with Gasteiger partial charge in [0.1, 0.15) is 5.82 Å². The van der Waals surface area contributed by atoms with Gasteiger partial charge in [-0.25, -0.2) is 4.98 Å². The first-order valence-corrected chi connectivity index (χ1v) is 8.28. The van der Waals surface area contributed by atoms with Crippen molar-refractivity contribution in [2.45, 2.75) is 52.0 Å². The Morgan fingerprint density at radius 1 is 1.14 bits per heavy atom. The molecule has 3 heteroatoms. The molecule has 0 aliphatic heterocycles. The van der Waals surface area contributed by atoms with E-state index in [1.807, 2.05) is 0 Å². The summed E-state index contributed by atoms with van der Waals surface area (Å²) in [4.78, 5) is 4.83. The lowest BCUT2D eigenvalue weighted by Crippen LogP contribution is -2.36. The van der Waals surface area contributed by atoms with E-state index in [9.17, 15) is 0 Å². The molecule has 0 radical (unpaired) electrons. The minimum absolute atomic E-state index is 0.514. The number of fused-ring (bicyclic) bond motifs is 1. The Bertz CT molecular complexity index is 553. The van der Waals surface area contributed by atoms with Crippen LogP contribution in [0.2, 0.25) is 0 Å². The maximum atomic E-state index is 4.83. The summed E-state index contributed by atoms with van der Waals surface area (Å²) >= 11 is 0. The molecule has 1 atom stereocenters. The van der Waals surface area contributed by atoms with Crippen molar-refractivity contribution in [1.82, 2.24) is 14.9 Å². The van der Waals surface area contributed by atoms with E-state index >= 15 is 0 Å². The van der Waals surface area contributed by atoms with Gasteiger partial charge in [0.2, 0.25) is 0 Å². The van der Waals surface area contributed by atoms with Gasteiger partial charge >= 0.3 is 0 Å². The Hall–Kier alpha value is -1.35. The molecule has 116 valence electrons. The molecule has 2 rings (SSSR count). The molecule has 1 unspecified atom stereocenters. The maximum Gasteiger partial charge on any atom is 0.111 e. The number of rotatable bonds is 8. The van der Waals surface area contributed by atoms with E-state index in [0.29, 0.717) is 6.04 Å². The van der Waals surface area contributed by atoms with Crippen LogP contribution in [0.15, 0.2) is 24.3 Å². The summed E-state index contributed by atoms with van der Waals surface area (Å²) in [6.07, 6.45) is 6.11. The summed E-state index contributed by atoms with van der Waals surface area (Å²) in [5, 5.41) is 3.54. The predicted molar refractivity (Wildman–Crippen MR) is 90.6 cm³/mol. The number of aromatic nitrogens is 2. The Labute approximate surface area is 128 Å². The van der Waals surface area contributed by atoms with Gasteiger partial charge < -0.3 is 9.88 Å². The van der Waals surface area contributed by atoms with Gasteiger partial charge in [-0.2, -0.15) is 0 Å². The first kappa shape index (κ1) is 16.0. The molecule has 0 aliphatic rings. The van der Waals surface area contributed by atoms with Crippen molar-refractivity contribution in [3.63, 3.8) is 0 Å². The summed E-state index contributed by atoms with van der Waals surface area (Å²) in [5.74, 6) is 1.93. The van der Waals surface area contributed by atoms with Crippen molar-refractivity contribution in [2.75, 3.05) is 7.05 Å². The number of aryl methyl sites for hydroxylation is 1. The number of hydrogen-bond acceptors (Lipinski definition) is 2. The average molecular weight is 287 g/mol. The van der Waals surface area contributed by atoms with Crippen LogP contribution in [-0.2, 0) is 13.5 Å². The molecule has 3 nitrogen and oxygen atoms in total. The third-order valence-electron chi connectivity index (χ3n) is 4.54. The van der Waals surface area contributed by atoms with Crippen LogP contribution >= 0.6 is 0 Å². The van der Waals surface area contributed by atoms with E-state index in [1.54, 1.807) is 0 Å². The van der Waals surface area contributed by atoms with Gasteiger partial charge in [0.05, 0.1) is 11.0 Å². The summed E-state index contributed by atoms with van der Waals surface area (Å²) in [6, 6.07) is 8.91. The zero-order valence-corrected chi connectivity index (χ0v) is 13.9.